The Balaban J connectivity index is 1.04. The number of aliphatic hydroxyl groups is 1. The van der Waals surface area contributed by atoms with Gasteiger partial charge in [0.2, 0.25) is 5.91 Å². The van der Waals surface area contributed by atoms with Gasteiger partial charge in [-0.3, -0.25) is 9.59 Å². The summed E-state index contributed by atoms with van der Waals surface area (Å²) in [4.78, 5) is 39.5. The summed E-state index contributed by atoms with van der Waals surface area (Å²) in [6.07, 6.45) is 5.42. The van der Waals surface area contributed by atoms with Gasteiger partial charge < -0.3 is 35.1 Å². The standard InChI is InChI=1S/C42H40N2O8/c45-20-19-43-39(47)31-13-6-8-28(21-31)26-44-40(48)34-22-36(38-37(23-34)51-42(52-38)24-32-10-1-2-11-33(32)25-42)50-41(49)30-17-15-27(16-18-30)7-5-12-29-9-3-4-14-35(29)46/h1-11,13-18,21,23,36-38,45-46H,12,19-20,22,24-26H2,(H,43,47)(H,44,48)/t36-,37-,38+/m1/s1. The van der Waals surface area contributed by atoms with Crippen LogP contribution in [0.25, 0.3) is 6.08 Å². The molecule has 0 bridgehead atoms. The molecule has 3 atom stereocenters. The van der Waals surface area contributed by atoms with Crippen molar-refractivity contribution >= 4 is 23.9 Å². The Morgan fingerprint density at radius 2 is 1.60 bits per heavy atom. The zero-order chi connectivity index (χ0) is 36.1. The molecule has 1 heterocycles. The zero-order valence-corrected chi connectivity index (χ0v) is 28.5. The summed E-state index contributed by atoms with van der Waals surface area (Å²) >= 11 is 0. The highest BCUT2D eigenvalue weighted by atomic mass is 16.8. The molecule has 0 radical (unpaired) electrons. The topological polar surface area (TPSA) is 143 Å². The van der Waals surface area contributed by atoms with Gasteiger partial charge >= 0.3 is 5.97 Å². The van der Waals surface area contributed by atoms with E-state index in [9.17, 15) is 19.5 Å². The maximum absolute atomic E-state index is 13.6. The third kappa shape index (κ3) is 7.84. The number of allylic oxidation sites excluding steroid dienone is 1. The number of hydrogen-bond donors (Lipinski definition) is 4. The van der Waals surface area contributed by atoms with Gasteiger partial charge in [-0.05, 0) is 70.6 Å². The number of phenolic OH excluding ortho intramolecular Hbond substituents is 1. The molecule has 52 heavy (non-hydrogen) atoms. The average Bonchev–Trinajstić information content (AvgIpc) is 3.72. The van der Waals surface area contributed by atoms with E-state index in [1.165, 1.54) is 0 Å². The van der Waals surface area contributed by atoms with E-state index in [2.05, 4.69) is 22.8 Å². The van der Waals surface area contributed by atoms with E-state index in [0.29, 0.717) is 36.0 Å². The van der Waals surface area contributed by atoms with Crippen LogP contribution < -0.4 is 10.6 Å². The SMILES string of the molecule is O=C(NCc1cccc(C(=O)NCCO)c1)C1=C[C@H]2OC3(Cc4ccccc4C3)O[C@H]2[C@H](OC(=O)c2ccc(C=CCc3ccccc3O)cc2)C1. The number of esters is 1. The molecule has 2 aliphatic carbocycles. The van der Waals surface area contributed by atoms with E-state index in [-0.39, 0.29) is 43.7 Å². The first-order valence-corrected chi connectivity index (χ1v) is 17.4. The van der Waals surface area contributed by atoms with Gasteiger partial charge in [-0.1, -0.05) is 78.9 Å². The number of ether oxygens (including phenoxy) is 3. The number of hydrogen-bond acceptors (Lipinski definition) is 8. The molecule has 1 aliphatic heterocycles. The van der Waals surface area contributed by atoms with Crippen molar-refractivity contribution in [2.75, 3.05) is 13.2 Å². The molecule has 2 amide bonds. The number of fused-ring (bicyclic) bond motifs is 2. The van der Waals surface area contributed by atoms with Crippen LogP contribution in [-0.4, -0.2) is 65.2 Å². The number of benzene rings is 4. The normalized spacial score (nSPS) is 19.9. The van der Waals surface area contributed by atoms with Gasteiger partial charge in [0, 0.05) is 43.5 Å². The van der Waals surface area contributed by atoms with E-state index >= 15 is 0 Å². The lowest BCUT2D eigenvalue weighted by Crippen LogP contribution is -2.43. The van der Waals surface area contributed by atoms with Gasteiger partial charge in [-0.25, -0.2) is 4.79 Å². The van der Waals surface area contributed by atoms with Crippen molar-refractivity contribution in [3.05, 3.63) is 154 Å². The van der Waals surface area contributed by atoms with E-state index in [4.69, 9.17) is 19.3 Å². The summed E-state index contributed by atoms with van der Waals surface area (Å²) in [6, 6.07) is 29.2. The van der Waals surface area contributed by atoms with Crippen molar-refractivity contribution in [3.8, 4) is 5.75 Å². The van der Waals surface area contributed by atoms with Gasteiger partial charge in [-0.15, -0.1) is 0 Å². The van der Waals surface area contributed by atoms with Crippen LogP contribution >= 0.6 is 0 Å². The smallest absolute Gasteiger partial charge is 0.338 e. The second kappa shape index (κ2) is 15.4. The van der Waals surface area contributed by atoms with Crippen LogP contribution in [0.1, 0.15) is 55.0 Å². The molecule has 10 heteroatoms. The van der Waals surface area contributed by atoms with Crippen molar-refractivity contribution in [1.82, 2.24) is 10.6 Å². The Morgan fingerprint density at radius 3 is 2.35 bits per heavy atom. The van der Waals surface area contributed by atoms with Crippen molar-refractivity contribution in [2.45, 2.75) is 56.3 Å². The summed E-state index contributed by atoms with van der Waals surface area (Å²) in [5, 5.41) is 24.6. The minimum Gasteiger partial charge on any atom is -0.508 e. The molecule has 4 aromatic carbocycles. The summed E-state index contributed by atoms with van der Waals surface area (Å²) in [7, 11) is 0. The van der Waals surface area contributed by atoms with Crippen LogP contribution in [-0.2, 0) is 44.8 Å². The molecular formula is C42H40N2O8. The number of carbonyl (C=O) groups is 3. The van der Waals surface area contributed by atoms with Crippen molar-refractivity contribution in [1.29, 1.82) is 0 Å². The molecule has 3 aliphatic rings. The Kier molecular flexibility index (Phi) is 10.3. The van der Waals surface area contributed by atoms with Gasteiger partial charge in [0.15, 0.2) is 5.79 Å². The lowest BCUT2D eigenvalue weighted by molar-refractivity contribution is -0.172. The minimum absolute atomic E-state index is 0.127. The predicted octanol–water partition coefficient (Wildman–Crippen LogP) is 4.82. The highest BCUT2D eigenvalue weighted by Gasteiger charge is 2.55. The lowest BCUT2D eigenvalue weighted by atomic mass is 9.91. The van der Waals surface area contributed by atoms with Crippen LogP contribution in [0.2, 0.25) is 0 Å². The molecule has 0 aromatic heterocycles. The molecule has 4 N–H and O–H groups in total. The van der Waals surface area contributed by atoms with Crippen molar-refractivity contribution < 1.29 is 38.8 Å². The number of carbonyl (C=O) groups excluding carboxylic acids is 3. The van der Waals surface area contributed by atoms with Gasteiger partial charge in [0.1, 0.15) is 24.1 Å². The number of amides is 2. The molecule has 1 fully saturated rings. The maximum Gasteiger partial charge on any atom is 0.338 e. The van der Waals surface area contributed by atoms with Crippen LogP contribution in [0.3, 0.4) is 0 Å². The third-order valence-electron chi connectivity index (χ3n) is 9.59. The maximum atomic E-state index is 13.6. The van der Waals surface area contributed by atoms with Crippen molar-refractivity contribution in [3.63, 3.8) is 0 Å². The van der Waals surface area contributed by atoms with E-state index in [0.717, 1.165) is 27.8 Å². The Hall–Kier alpha value is -5.55. The number of nitrogens with one attached hydrogen (secondary N) is 2. The number of phenols is 1. The molecule has 7 rings (SSSR count). The zero-order valence-electron chi connectivity index (χ0n) is 28.5. The van der Waals surface area contributed by atoms with Gasteiger partial charge in [0.25, 0.3) is 5.91 Å². The van der Waals surface area contributed by atoms with Crippen LogP contribution in [0.4, 0.5) is 0 Å². The van der Waals surface area contributed by atoms with E-state index in [1.54, 1.807) is 48.5 Å². The first-order valence-electron chi connectivity index (χ1n) is 17.4. The quantitative estimate of drug-likeness (QED) is 0.163. The highest BCUT2D eigenvalue weighted by molar-refractivity contribution is 5.95. The van der Waals surface area contributed by atoms with Crippen LogP contribution in [0.5, 0.6) is 5.75 Å². The molecule has 1 spiro atoms. The molecule has 0 unspecified atom stereocenters. The van der Waals surface area contributed by atoms with Gasteiger partial charge in [0.05, 0.1) is 12.2 Å². The molecule has 1 saturated heterocycles. The molecule has 0 saturated carbocycles. The number of aromatic hydroxyl groups is 1. The number of rotatable bonds is 11. The second-order valence-electron chi connectivity index (χ2n) is 13.3. The fourth-order valence-corrected chi connectivity index (χ4v) is 6.99. The fourth-order valence-electron chi connectivity index (χ4n) is 6.99. The average molecular weight is 701 g/mol. The minimum atomic E-state index is -0.923. The lowest BCUT2D eigenvalue weighted by Gasteiger charge is -2.30. The van der Waals surface area contributed by atoms with Crippen LogP contribution in [0.15, 0.2) is 115 Å². The summed E-state index contributed by atoms with van der Waals surface area (Å²) in [5.74, 6) is -1.87. The molecular weight excluding hydrogens is 660 g/mol. The summed E-state index contributed by atoms with van der Waals surface area (Å²) < 4.78 is 19.3. The third-order valence-corrected chi connectivity index (χ3v) is 9.59. The first kappa shape index (κ1) is 34.9. The van der Waals surface area contributed by atoms with E-state index in [1.807, 2.05) is 54.6 Å². The molecule has 4 aromatic rings. The summed E-state index contributed by atoms with van der Waals surface area (Å²) in [5.41, 5.74) is 5.90. The largest absolute Gasteiger partial charge is 0.508 e. The Labute approximate surface area is 301 Å². The number of aliphatic hydroxyl groups excluding tert-OH is 1. The second-order valence-corrected chi connectivity index (χ2v) is 13.3. The monoisotopic (exact) mass is 700 g/mol. The number of para-hydroxylation sites is 1. The molecule has 266 valence electrons. The fraction of sp³-hybridized carbons (Fsp3) is 0.262. The predicted molar refractivity (Wildman–Crippen MR) is 193 cm³/mol. The highest BCUT2D eigenvalue weighted by Crippen LogP contribution is 2.45. The van der Waals surface area contributed by atoms with E-state index < -0.39 is 30.1 Å². The van der Waals surface area contributed by atoms with Gasteiger partial charge in [-0.2, -0.15) is 0 Å². The Bertz CT molecular complexity index is 2000. The van der Waals surface area contributed by atoms with Crippen LogP contribution in [0, 0.1) is 0 Å². The molecule has 10 nitrogen and oxygen atoms in total. The summed E-state index contributed by atoms with van der Waals surface area (Å²) in [6.45, 7) is 0.149. The van der Waals surface area contributed by atoms with Crippen molar-refractivity contribution in [2.24, 2.45) is 0 Å². The first-order chi connectivity index (χ1) is 25.3. The Morgan fingerprint density at radius 1 is 0.846 bits per heavy atom.